The summed E-state index contributed by atoms with van der Waals surface area (Å²) in [5.74, 6) is 0. The fourth-order valence-electron chi connectivity index (χ4n) is 5.39. The molecule has 166 valence electrons. The van der Waals surface area contributed by atoms with Crippen molar-refractivity contribution < 1.29 is 9.80 Å². The molecule has 6 nitrogen and oxygen atoms in total. The Labute approximate surface area is 183 Å². The summed E-state index contributed by atoms with van der Waals surface area (Å²) in [6.07, 6.45) is 6.34. The average molecular weight is 435 g/mol. The van der Waals surface area contributed by atoms with Gasteiger partial charge in [-0.05, 0) is 39.2 Å². The molecule has 1 aliphatic heterocycles. The van der Waals surface area contributed by atoms with E-state index in [0.29, 0.717) is 6.54 Å². The quantitative estimate of drug-likeness (QED) is 0.671. The van der Waals surface area contributed by atoms with Gasteiger partial charge in [0.25, 0.3) is 5.56 Å². The Kier molecular flexibility index (Phi) is 6.80. The van der Waals surface area contributed by atoms with E-state index in [0.717, 1.165) is 81.6 Å². The second kappa shape index (κ2) is 9.37. The second-order valence-corrected chi connectivity index (χ2v) is 10.2. The van der Waals surface area contributed by atoms with Crippen LogP contribution in [0.4, 0.5) is 0 Å². The van der Waals surface area contributed by atoms with E-state index in [2.05, 4.69) is 20.8 Å². The number of nitrogens with one attached hydrogen (secondary N) is 2. The molecule has 3 heterocycles. The molecule has 2 aromatic rings. The third-order valence-electron chi connectivity index (χ3n) is 7.45. The van der Waals surface area contributed by atoms with Gasteiger partial charge in [-0.25, -0.2) is 4.79 Å². The van der Waals surface area contributed by atoms with Crippen molar-refractivity contribution in [3.05, 3.63) is 31.3 Å². The van der Waals surface area contributed by atoms with Crippen molar-refractivity contribution in [2.75, 3.05) is 32.7 Å². The molecule has 0 amide bonds. The second-order valence-electron chi connectivity index (χ2n) is 9.07. The molecule has 0 spiro atoms. The first-order valence-corrected chi connectivity index (χ1v) is 12.9. The van der Waals surface area contributed by atoms with E-state index >= 15 is 0 Å². The lowest BCUT2D eigenvalue weighted by Gasteiger charge is -2.25. The molecule has 0 bridgehead atoms. The summed E-state index contributed by atoms with van der Waals surface area (Å²) in [6.45, 7) is 13.6. The average Bonchev–Trinajstić information content (AvgIpc) is 3.15. The molecule has 30 heavy (non-hydrogen) atoms. The number of fused-ring (bicyclic) bond motifs is 3. The Morgan fingerprint density at radius 1 is 1.10 bits per heavy atom. The first-order valence-electron chi connectivity index (χ1n) is 12.1. The molecule has 0 saturated heterocycles. The van der Waals surface area contributed by atoms with Crippen molar-refractivity contribution in [1.29, 1.82) is 0 Å². The highest BCUT2D eigenvalue weighted by Crippen LogP contribution is 2.31. The van der Waals surface area contributed by atoms with Gasteiger partial charge in [0, 0.05) is 12.5 Å². The van der Waals surface area contributed by atoms with Gasteiger partial charge in [-0.15, -0.1) is 11.3 Å². The molecule has 2 N–H and O–H groups in total. The maximum atomic E-state index is 13.7. The molecule has 2 aromatic heterocycles. The Hall–Kier alpha value is -1.44. The first-order chi connectivity index (χ1) is 14.6. The van der Waals surface area contributed by atoms with Crippen molar-refractivity contribution in [3.8, 4) is 0 Å². The highest BCUT2D eigenvalue weighted by molar-refractivity contribution is 7.18. The maximum Gasteiger partial charge on any atom is 0.332 e. The number of hydrogen-bond acceptors (Lipinski definition) is 3. The molecule has 0 aromatic carbocycles. The van der Waals surface area contributed by atoms with Crippen molar-refractivity contribution in [1.82, 2.24) is 9.13 Å². The van der Waals surface area contributed by atoms with E-state index in [1.807, 2.05) is 4.57 Å². The molecule has 4 rings (SSSR count). The Morgan fingerprint density at radius 3 is 2.50 bits per heavy atom. The Balaban J connectivity index is 1.87. The van der Waals surface area contributed by atoms with Gasteiger partial charge in [-0.2, -0.15) is 0 Å². The normalized spacial score (nSPS) is 20.2. The number of nitrogens with zero attached hydrogens (tertiary/aromatic N) is 2. The van der Waals surface area contributed by atoms with Crippen LogP contribution in [0, 0.1) is 0 Å². The number of aromatic nitrogens is 2. The maximum absolute atomic E-state index is 13.7. The summed E-state index contributed by atoms with van der Waals surface area (Å²) in [5.41, 5.74) is 1.17. The van der Waals surface area contributed by atoms with Crippen molar-refractivity contribution in [3.63, 3.8) is 0 Å². The Morgan fingerprint density at radius 2 is 1.83 bits per heavy atom. The number of thiophene rings is 1. The minimum atomic E-state index is -0.0655. The highest BCUT2D eigenvalue weighted by atomic mass is 32.1. The van der Waals surface area contributed by atoms with Crippen LogP contribution in [0.15, 0.2) is 9.59 Å². The van der Waals surface area contributed by atoms with Crippen LogP contribution < -0.4 is 21.0 Å². The van der Waals surface area contributed by atoms with Crippen molar-refractivity contribution in [2.45, 2.75) is 78.4 Å². The third-order valence-corrected chi connectivity index (χ3v) is 8.71. The van der Waals surface area contributed by atoms with Crippen LogP contribution in [-0.4, -0.2) is 41.9 Å². The SMILES string of the molecule is CC[NH+](CC)CCn1c(=O)n(C2CCCCC2)c(=O)c2c3c(sc21)C[NH+](CC)CC3. The van der Waals surface area contributed by atoms with Gasteiger partial charge in [0.2, 0.25) is 0 Å². The fourth-order valence-corrected chi connectivity index (χ4v) is 6.82. The molecule has 1 aliphatic carbocycles. The largest absolute Gasteiger partial charge is 0.334 e. The molecule has 1 saturated carbocycles. The van der Waals surface area contributed by atoms with E-state index in [4.69, 9.17) is 0 Å². The summed E-state index contributed by atoms with van der Waals surface area (Å²) in [5, 5.41) is 0.866. The van der Waals surface area contributed by atoms with Crippen molar-refractivity contribution >= 4 is 21.6 Å². The monoisotopic (exact) mass is 434 g/mol. The Bertz CT molecular complexity index is 995. The van der Waals surface area contributed by atoms with Crippen LogP contribution in [-0.2, 0) is 19.5 Å². The van der Waals surface area contributed by atoms with Crippen molar-refractivity contribution in [2.24, 2.45) is 0 Å². The van der Waals surface area contributed by atoms with Gasteiger partial charge in [0.05, 0.1) is 49.5 Å². The standard InChI is InChI=1S/C23H36N4O2S/c1-4-24(5-2)14-15-26-22-20(18-12-13-25(6-3)16-19(18)30-22)21(28)27(23(26)29)17-10-8-7-9-11-17/h17H,4-16H2,1-3H3/p+2. The third kappa shape index (κ3) is 3.92. The van der Waals surface area contributed by atoms with Crippen LogP contribution in [0.5, 0.6) is 0 Å². The highest BCUT2D eigenvalue weighted by Gasteiger charge is 2.29. The van der Waals surface area contributed by atoms with Crippen LogP contribution in [0.1, 0.15) is 69.4 Å². The number of likely N-dealkylation sites (N-methyl/N-ethyl adjacent to an activating group) is 2. The number of hydrogen-bond donors (Lipinski definition) is 2. The van der Waals surface area contributed by atoms with Gasteiger partial charge in [0.1, 0.15) is 11.4 Å². The van der Waals surface area contributed by atoms with Crippen LogP contribution in [0.2, 0.25) is 0 Å². The van der Waals surface area contributed by atoms with E-state index in [1.165, 1.54) is 21.8 Å². The van der Waals surface area contributed by atoms with E-state index < -0.39 is 0 Å². The smallest absolute Gasteiger partial charge is 0.332 e. The van der Waals surface area contributed by atoms with Crippen LogP contribution in [0.25, 0.3) is 10.2 Å². The molecule has 1 atom stereocenters. The summed E-state index contributed by atoms with van der Waals surface area (Å²) in [7, 11) is 0. The van der Waals surface area contributed by atoms with E-state index in [1.54, 1.807) is 20.8 Å². The lowest BCUT2D eigenvalue weighted by molar-refractivity contribution is -0.913. The van der Waals surface area contributed by atoms with Crippen LogP contribution in [0.3, 0.4) is 0 Å². The van der Waals surface area contributed by atoms with Gasteiger partial charge in [-0.3, -0.25) is 13.9 Å². The molecule has 1 unspecified atom stereocenters. The molecule has 7 heteroatoms. The van der Waals surface area contributed by atoms with Gasteiger partial charge < -0.3 is 9.80 Å². The summed E-state index contributed by atoms with van der Waals surface area (Å²) < 4.78 is 3.62. The van der Waals surface area contributed by atoms with Gasteiger partial charge in [-0.1, -0.05) is 19.3 Å². The minimum Gasteiger partial charge on any atom is -0.334 e. The zero-order chi connectivity index (χ0) is 21.3. The lowest BCUT2D eigenvalue weighted by atomic mass is 9.95. The lowest BCUT2D eigenvalue weighted by Crippen LogP contribution is -3.11. The summed E-state index contributed by atoms with van der Waals surface area (Å²) >= 11 is 1.72. The summed E-state index contributed by atoms with van der Waals surface area (Å²) in [4.78, 5) is 32.7. The van der Waals surface area contributed by atoms with Gasteiger partial charge in [0.15, 0.2) is 0 Å². The molecule has 0 radical (unpaired) electrons. The molecular weight excluding hydrogens is 396 g/mol. The van der Waals surface area contributed by atoms with E-state index in [-0.39, 0.29) is 17.3 Å². The predicted molar refractivity (Wildman–Crippen MR) is 123 cm³/mol. The van der Waals surface area contributed by atoms with E-state index in [9.17, 15) is 9.59 Å². The minimum absolute atomic E-state index is 0.00853. The molecule has 2 aliphatic rings. The zero-order valence-corrected chi connectivity index (χ0v) is 19.7. The topological polar surface area (TPSA) is 52.9 Å². The summed E-state index contributed by atoms with van der Waals surface area (Å²) in [6, 6.07) is 0.0760. The first kappa shape index (κ1) is 21.8. The van der Waals surface area contributed by atoms with Crippen LogP contribution >= 0.6 is 11.3 Å². The number of quaternary nitrogens is 2. The molecule has 1 fully saturated rings. The zero-order valence-electron chi connectivity index (χ0n) is 18.9. The van der Waals surface area contributed by atoms with Gasteiger partial charge >= 0.3 is 5.69 Å². The molecular formula is C23H38N4O2S+2. The fraction of sp³-hybridized carbons (Fsp3) is 0.739. The predicted octanol–water partition coefficient (Wildman–Crippen LogP) is 0.616. The number of rotatable bonds is 7.